The normalized spacial score (nSPS) is 10.5. The number of ether oxygens (including phenoxy) is 3. The van der Waals surface area contributed by atoms with Gasteiger partial charge >= 0.3 is 0 Å². The van der Waals surface area contributed by atoms with Gasteiger partial charge < -0.3 is 19.5 Å². The average molecular weight is 447 g/mol. The molecule has 0 atom stereocenters. The van der Waals surface area contributed by atoms with Crippen LogP contribution in [0.3, 0.4) is 0 Å². The van der Waals surface area contributed by atoms with Crippen LogP contribution in [0.5, 0.6) is 17.2 Å². The first-order valence-corrected chi connectivity index (χ1v) is 10.3. The van der Waals surface area contributed by atoms with E-state index in [-0.39, 0.29) is 12.5 Å². The third-order valence-electron chi connectivity index (χ3n) is 4.39. The van der Waals surface area contributed by atoms with Gasteiger partial charge in [-0.25, -0.2) is 5.43 Å². The maximum atomic E-state index is 12.4. The Bertz CT molecular complexity index is 1120. The second-order valence-electron chi connectivity index (χ2n) is 6.77. The number of anilines is 1. The molecule has 8 nitrogen and oxygen atoms in total. The summed E-state index contributed by atoms with van der Waals surface area (Å²) >= 11 is 0. The number of hydrogen-bond donors (Lipinski definition) is 2. The molecule has 33 heavy (non-hydrogen) atoms. The number of benzene rings is 3. The lowest BCUT2D eigenvalue weighted by atomic mass is 10.2. The Hall–Kier alpha value is -4.33. The van der Waals surface area contributed by atoms with E-state index in [1.54, 1.807) is 54.6 Å². The van der Waals surface area contributed by atoms with E-state index in [9.17, 15) is 9.59 Å². The molecule has 0 aromatic heterocycles. The molecule has 2 amide bonds. The van der Waals surface area contributed by atoms with Gasteiger partial charge in [0, 0.05) is 11.3 Å². The molecule has 170 valence electrons. The number of carbonyl (C=O) groups is 2. The smallest absolute Gasteiger partial charge is 0.271 e. The number of hydrogen-bond acceptors (Lipinski definition) is 6. The fraction of sp³-hybridized carbons (Fsp3) is 0.160. The van der Waals surface area contributed by atoms with Gasteiger partial charge in [0.1, 0.15) is 5.75 Å². The molecule has 0 aliphatic carbocycles. The minimum Gasteiger partial charge on any atom is -0.493 e. The highest BCUT2D eigenvalue weighted by Gasteiger charge is 2.10. The summed E-state index contributed by atoms with van der Waals surface area (Å²) in [6.07, 6.45) is 1.49. The molecule has 0 fully saturated rings. The van der Waals surface area contributed by atoms with Gasteiger partial charge in [0.2, 0.25) is 0 Å². The van der Waals surface area contributed by atoms with Crippen LogP contribution in [0.15, 0.2) is 77.9 Å². The number of carbonyl (C=O) groups excluding carboxylic acids is 2. The number of rotatable bonds is 10. The summed E-state index contributed by atoms with van der Waals surface area (Å²) in [6, 6.07) is 21.1. The third-order valence-corrected chi connectivity index (χ3v) is 4.39. The van der Waals surface area contributed by atoms with Gasteiger partial charge in [0.15, 0.2) is 18.1 Å². The molecule has 0 heterocycles. The molecule has 0 unspecified atom stereocenters. The van der Waals surface area contributed by atoms with Gasteiger partial charge in [0.05, 0.1) is 19.9 Å². The zero-order chi connectivity index (χ0) is 23.5. The summed E-state index contributed by atoms with van der Waals surface area (Å²) in [6.45, 7) is 2.23. The van der Waals surface area contributed by atoms with E-state index in [0.29, 0.717) is 40.7 Å². The van der Waals surface area contributed by atoms with Crippen molar-refractivity contribution in [1.82, 2.24) is 5.43 Å². The fourth-order valence-electron chi connectivity index (χ4n) is 2.87. The van der Waals surface area contributed by atoms with Crippen LogP contribution in [0.4, 0.5) is 5.69 Å². The van der Waals surface area contributed by atoms with Crippen LogP contribution >= 0.6 is 0 Å². The molecule has 0 aliphatic rings. The number of para-hydroxylation sites is 1. The quantitative estimate of drug-likeness (QED) is 0.363. The molecule has 3 aromatic rings. The van der Waals surface area contributed by atoms with Crippen molar-refractivity contribution in [2.75, 3.05) is 25.6 Å². The summed E-state index contributed by atoms with van der Waals surface area (Å²) in [5.74, 6) is 0.879. The molecule has 0 saturated heterocycles. The molecule has 0 saturated carbocycles. The number of nitrogens with one attached hydrogen (secondary N) is 2. The lowest BCUT2D eigenvalue weighted by molar-refractivity contribution is -0.118. The van der Waals surface area contributed by atoms with Crippen molar-refractivity contribution < 1.29 is 23.8 Å². The predicted octanol–water partition coefficient (Wildman–Crippen LogP) is 3.88. The van der Waals surface area contributed by atoms with Crippen LogP contribution in [0.25, 0.3) is 0 Å². The van der Waals surface area contributed by atoms with Crippen LogP contribution in [-0.4, -0.2) is 38.4 Å². The van der Waals surface area contributed by atoms with Crippen molar-refractivity contribution >= 4 is 23.7 Å². The molecule has 0 radical (unpaired) electrons. The number of hydrazone groups is 1. The van der Waals surface area contributed by atoms with Crippen molar-refractivity contribution in [3.63, 3.8) is 0 Å². The predicted molar refractivity (Wildman–Crippen MR) is 126 cm³/mol. The van der Waals surface area contributed by atoms with E-state index in [1.165, 1.54) is 13.3 Å². The minimum atomic E-state index is -0.391. The van der Waals surface area contributed by atoms with Gasteiger partial charge in [-0.3, -0.25) is 9.59 Å². The molecular weight excluding hydrogens is 422 g/mol. The van der Waals surface area contributed by atoms with Crippen LogP contribution in [0.1, 0.15) is 22.8 Å². The highest BCUT2D eigenvalue weighted by molar-refractivity contribution is 5.95. The van der Waals surface area contributed by atoms with Gasteiger partial charge in [-0.2, -0.15) is 5.10 Å². The van der Waals surface area contributed by atoms with E-state index in [1.807, 2.05) is 25.1 Å². The summed E-state index contributed by atoms with van der Waals surface area (Å²) in [4.78, 5) is 24.4. The summed E-state index contributed by atoms with van der Waals surface area (Å²) < 4.78 is 16.3. The summed E-state index contributed by atoms with van der Waals surface area (Å²) in [5.41, 5.74) is 4.26. The van der Waals surface area contributed by atoms with E-state index < -0.39 is 5.91 Å². The summed E-state index contributed by atoms with van der Waals surface area (Å²) in [7, 11) is 1.51. The lowest BCUT2D eigenvalue weighted by Gasteiger charge is -2.10. The fourth-order valence-corrected chi connectivity index (χ4v) is 2.87. The first kappa shape index (κ1) is 23.3. The molecule has 0 spiro atoms. The van der Waals surface area contributed by atoms with E-state index >= 15 is 0 Å². The first-order valence-electron chi connectivity index (χ1n) is 10.3. The molecular formula is C25H25N3O5. The molecule has 3 rings (SSSR count). The number of nitrogens with zero attached hydrogens (tertiary/aromatic N) is 1. The molecule has 3 aromatic carbocycles. The highest BCUT2D eigenvalue weighted by atomic mass is 16.5. The van der Waals surface area contributed by atoms with E-state index in [4.69, 9.17) is 14.2 Å². The Morgan fingerprint density at radius 3 is 2.52 bits per heavy atom. The Balaban J connectivity index is 1.53. The van der Waals surface area contributed by atoms with Crippen molar-refractivity contribution in [2.45, 2.75) is 6.92 Å². The Morgan fingerprint density at radius 2 is 1.76 bits per heavy atom. The van der Waals surface area contributed by atoms with Crippen molar-refractivity contribution in [2.24, 2.45) is 5.10 Å². The lowest BCUT2D eigenvalue weighted by Crippen LogP contribution is -2.20. The standard InChI is InChI=1S/C25H25N3O5/c1-3-32-22-13-12-19(15-23(22)31-2)25(30)28-26-16-18-8-7-11-21(14-18)33-17-24(29)27-20-9-5-4-6-10-20/h4-16H,3,17H2,1-2H3,(H,27,29)(H,28,30)/b26-16+. The monoisotopic (exact) mass is 447 g/mol. The van der Waals surface area contributed by atoms with Crippen LogP contribution in [0, 0.1) is 0 Å². The van der Waals surface area contributed by atoms with Gasteiger partial charge in [-0.1, -0.05) is 30.3 Å². The Kier molecular flexibility index (Phi) is 8.41. The largest absolute Gasteiger partial charge is 0.493 e. The van der Waals surface area contributed by atoms with Crippen LogP contribution in [-0.2, 0) is 4.79 Å². The van der Waals surface area contributed by atoms with Crippen molar-refractivity contribution in [3.8, 4) is 17.2 Å². The van der Waals surface area contributed by atoms with Gasteiger partial charge in [-0.05, 0) is 55.0 Å². The second-order valence-corrected chi connectivity index (χ2v) is 6.77. The third kappa shape index (κ3) is 7.10. The van der Waals surface area contributed by atoms with Crippen molar-refractivity contribution in [3.05, 3.63) is 83.9 Å². The number of methoxy groups -OCH3 is 1. The van der Waals surface area contributed by atoms with Crippen molar-refractivity contribution in [1.29, 1.82) is 0 Å². The van der Waals surface area contributed by atoms with E-state index in [0.717, 1.165) is 0 Å². The highest BCUT2D eigenvalue weighted by Crippen LogP contribution is 2.28. The zero-order valence-corrected chi connectivity index (χ0v) is 18.4. The zero-order valence-electron chi connectivity index (χ0n) is 18.4. The first-order chi connectivity index (χ1) is 16.1. The second kappa shape index (κ2) is 11.9. The number of amides is 2. The molecule has 0 bridgehead atoms. The molecule has 0 aliphatic heterocycles. The summed E-state index contributed by atoms with van der Waals surface area (Å²) in [5, 5.41) is 6.75. The topological polar surface area (TPSA) is 98.3 Å². The SMILES string of the molecule is CCOc1ccc(C(=O)N/N=C/c2cccc(OCC(=O)Nc3ccccc3)c2)cc1OC. The maximum absolute atomic E-state index is 12.4. The Morgan fingerprint density at radius 1 is 0.939 bits per heavy atom. The minimum absolute atomic E-state index is 0.133. The van der Waals surface area contributed by atoms with Crippen LogP contribution < -0.4 is 25.0 Å². The average Bonchev–Trinajstić information content (AvgIpc) is 2.84. The molecule has 2 N–H and O–H groups in total. The maximum Gasteiger partial charge on any atom is 0.271 e. The van der Waals surface area contributed by atoms with Crippen LogP contribution in [0.2, 0.25) is 0 Å². The molecule has 8 heteroatoms. The Labute approximate surface area is 192 Å². The van der Waals surface area contributed by atoms with Gasteiger partial charge in [-0.15, -0.1) is 0 Å². The van der Waals surface area contributed by atoms with E-state index in [2.05, 4.69) is 15.8 Å². The van der Waals surface area contributed by atoms with Gasteiger partial charge in [0.25, 0.3) is 11.8 Å².